The molecule has 2 aromatic rings. The summed E-state index contributed by atoms with van der Waals surface area (Å²) in [7, 11) is 0. The van der Waals surface area contributed by atoms with Gasteiger partial charge in [-0.2, -0.15) is 0 Å². The van der Waals surface area contributed by atoms with E-state index in [4.69, 9.17) is 23.2 Å². The minimum absolute atomic E-state index is 0.0277. The fourth-order valence-electron chi connectivity index (χ4n) is 2.63. The molecule has 2 N–H and O–H groups in total. The summed E-state index contributed by atoms with van der Waals surface area (Å²) in [4.78, 5) is 25.8. The maximum atomic E-state index is 12.7. The van der Waals surface area contributed by atoms with E-state index < -0.39 is 0 Å². The highest BCUT2D eigenvalue weighted by Crippen LogP contribution is 2.32. The van der Waals surface area contributed by atoms with Gasteiger partial charge in [-0.05, 0) is 42.2 Å². The molecule has 0 fully saturated rings. The molecule has 29 heavy (non-hydrogen) atoms. The second-order valence-corrected chi connectivity index (χ2v) is 9.98. The van der Waals surface area contributed by atoms with E-state index in [1.807, 2.05) is 52.0 Å². The van der Waals surface area contributed by atoms with Gasteiger partial charge in [0.15, 0.2) is 0 Å². The van der Waals surface area contributed by atoms with E-state index in [1.54, 1.807) is 18.2 Å². The number of thioether (sulfide) groups is 1. The van der Waals surface area contributed by atoms with Gasteiger partial charge in [-0.3, -0.25) is 9.59 Å². The molecule has 0 saturated carbocycles. The monoisotopic (exact) mass is 452 g/mol. The maximum Gasteiger partial charge on any atom is 0.237 e. The van der Waals surface area contributed by atoms with Crippen molar-refractivity contribution < 1.29 is 9.59 Å². The second-order valence-electron chi connectivity index (χ2n) is 7.92. The largest absolute Gasteiger partial charge is 0.326 e. The quantitative estimate of drug-likeness (QED) is 0.450. The Morgan fingerprint density at radius 2 is 1.76 bits per heavy atom. The number of rotatable bonds is 7. The number of halogens is 2. The van der Waals surface area contributed by atoms with Crippen molar-refractivity contribution >= 4 is 58.2 Å². The van der Waals surface area contributed by atoms with Crippen LogP contribution in [0.15, 0.2) is 47.4 Å². The Morgan fingerprint density at radius 1 is 1.07 bits per heavy atom. The Bertz CT molecular complexity index is 881. The van der Waals surface area contributed by atoms with Crippen molar-refractivity contribution in [3.05, 3.63) is 52.5 Å². The Morgan fingerprint density at radius 3 is 2.41 bits per heavy atom. The molecule has 0 spiro atoms. The second kappa shape index (κ2) is 10.4. The summed E-state index contributed by atoms with van der Waals surface area (Å²) in [6.45, 7) is 8.02. The molecule has 0 radical (unpaired) electrons. The molecule has 0 aromatic heterocycles. The van der Waals surface area contributed by atoms with Crippen LogP contribution in [-0.2, 0) is 9.59 Å². The Hall–Kier alpha value is -1.69. The van der Waals surface area contributed by atoms with Crippen LogP contribution in [0, 0.1) is 5.41 Å². The fourth-order valence-corrected chi connectivity index (χ4v) is 4.00. The average molecular weight is 453 g/mol. The van der Waals surface area contributed by atoms with Crippen LogP contribution in [0.4, 0.5) is 11.4 Å². The third kappa shape index (κ3) is 7.57. The number of amides is 2. The van der Waals surface area contributed by atoms with Gasteiger partial charge in [0.25, 0.3) is 0 Å². The first-order valence-electron chi connectivity index (χ1n) is 9.40. The topological polar surface area (TPSA) is 58.2 Å². The molecule has 1 unspecified atom stereocenters. The number of nitrogens with one attached hydrogen (secondary N) is 2. The number of benzene rings is 2. The molecular formula is C22H26Cl2N2O2S. The molecule has 0 aliphatic heterocycles. The predicted octanol–water partition coefficient (Wildman–Crippen LogP) is 6.88. The van der Waals surface area contributed by atoms with Crippen molar-refractivity contribution in [1.82, 2.24) is 0 Å². The van der Waals surface area contributed by atoms with Crippen LogP contribution in [-0.4, -0.2) is 17.1 Å². The lowest BCUT2D eigenvalue weighted by molar-refractivity contribution is -0.118. The van der Waals surface area contributed by atoms with Gasteiger partial charge in [-0.1, -0.05) is 63.0 Å². The Balaban J connectivity index is 2.05. The summed E-state index contributed by atoms with van der Waals surface area (Å²) in [6.07, 6.45) is 1.07. The zero-order valence-electron chi connectivity index (χ0n) is 17.0. The van der Waals surface area contributed by atoms with Gasteiger partial charge in [0.1, 0.15) is 0 Å². The zero-order chi connectivity index (χ0) is 21.6. The van der Waals surface area contributed by atoms with E-state index in [2.05, 4.69) is 10.6 Å². The smallest absolute Gasteiger partial charge is 0.237 e. The molecule has 0 aliphatic rings. The average Bonchev–Trinajstić information content (AvgIpc) is 2.62. The van der Waals surface area contributed by atoms with Gasteiger partial charge < -0.3 is 10.6 Å². The van der Waals surface area contributed by atoms with Crippen LogP contribution in [0.1, 0.15) is 40.5 Å². The van der Waals surface area contributed by atoms with Gasteiger partial charge in [-0.25, -0.2) is 0 Å². The van der Waals surface area contributed by atoms with Crippen LogP contribution in [0.5, 0.6) is 0 Å². The summed E-state index contributed by atoms with van der Waals surface area (Å²) in [5, 5.41) is 6.18. The molecule has 4 nitrogen and oxygen atoms in total. The van der Waals surface area contributed by atoms with E-state index in [1.165, 1.54) is 11.8 Å². The Kier molecular flexibility index (Phi) is 8.44. The van der Waals surface area contributed by atoms with Crippen LogP contribution >= 0.6 is 35.0 Å². The maximum absolute atomic E-state index is 12.7. The van der Waals surface area contributed by atoms with Crippen LogP contribution in [0.2, 0.25) is 10.0 Å². The number of carbonyl (C=O) groups excluding carboxylic acids is 2. The molecule has 2 rings (SSSR count). The third-order valence-corrected chi connectivity index (χ3v) is 6.14. The highest BCUT2D eigenvalue weighted by atomic mass is 35.5. The van der Waals surface area contributed by atoms with E-state index in [9.17, 15) is 9.59 Å². The molecule has 2 aromatic carbocycles. The summed E-state index contributed by atoms with van der Waals surface area (Å²) in [5.41, 5.74) is 1.13. The molecular weight excluding hydrogens is 427 g/mol. The highest BCUT2D eigenvalue weighted by Gasteiger charge is 2.20. The van der Waals surface area contributed by atoms with E-state index in [-0.39, 0.29) is 22.5 Å². The van der Waals surface area contributed by atoms with E-state index in [0.717, 1.165) is 10.6 Å². The number of hydrogen-bond donors (Lipinski definition) is 2. The van der Waals surface area contributed by atoms with E-state index >= 15 is 0 Å². The first-order valence-corrected chi connectivity index (χ1v) is 11.0. The zero-order valence-corrected chi connectivity index (χ0v) is 19.3. The van der Waals surface area contributed by atoms with Crippen molar-refractivity contribution in [3.63, 3.8) is 0 Å². The summed E-state index contributed by atoms with van der Waals surface area (Å²) >= 11 is 13.6. The highest BCUT2D eigenvalue weighted by molar-refractivity contribution is 8.00. The molecule has 0 aliphatic carbocycles. The van der Waals surface area contributed by atoms with Gasteiger partial charge in [0, 0.05) is 17.0 Å². The van der Waals surface area contributed by atoms with Crippen molar-refractivity contribution in [3.8, 4) is 0 Å². The van der Waals surface area contributed by atoms with Crippen LogP contribution in [0.3, 0.4) is 0 Å². The minimum atomic E-state index is -0.314. The first kappa shape index (κ1) is 23.6. The van der Waals surface area contributed by atoms with Crippen molar-refractivity contribution in [2.45, 2.75) is 50.7 Å². The standard InChI is InChI=1S/C22H26Cl2N2O2S/c1-5-18(21(28)26-17-11-7-10-16(23)20(17)24)29-15-9-6-8-14(12-15)25-19(27)13-22(2,3)4/h6-12,18H,5,13H2,1-4H3,(H,25,27)(H,26,28). The van der Waals surface area contributed by atoms with Gasteiger partial charge in [-0.15, -0.1) is 11.8 Å². The molecule has 0 saturated heterocycles. The Labute approximate surface area is 186 Å². The van der Waals surface area contributed by atoms with Crippen molar-refractivity contribution in [2.24, 2.45) is 5.41 Å². The first-order chi connectivity index (χ1) is 13.6. The molecule has 1 atom stereocenters. The molecule has 0 bridgehead atoms. The summed E-state index contributed by atoms with van der Waals surface area (Å²) < 4.78 is 0. The minimum Gasteiger partial charge on any atom is -0.326 e. The van der Waals surface area contributed by atoms with Gasteiger partial charge >= 0.3 is 0 Å². The fraction of sp³-hybridized carbons (Fsp3) is 0.364. The molecule has 156 valence electrons. The van der Waals surface area contributed by atoms with Gasteiger partial charge in [0.05, 0.1) is 21.0 Å². The lowest BCUT2D eigenvalue weighted by atomic mass is 9.92. The summed E-state index contributed by atoms with van der Waals surface area (Å²) in [5.74, 6) is -0.177. The van der Waals surface area contributed by atoms with Crippen LogP contribution < -0.4 is 10.6 Å². The summed E-state index contributed by atoms with van der Waals surface area (Å²) in [6, 6.07) is 12.6. The number of carbonyl (C=O) groups is 2. The van der Waals surface area contributed by atoms with Crippen molar-refractivity contribution in [1.29, 1.82) is 0 Å². The predicted molar refractivity (Wildman–Crippen MR) is 124 cm³/mol. The van der Waals surface area contributed by atoms with Crippen LogP contribution in [0.25, 0.3) is 0 Å². The normalized spacial score (nSPS) is 12.3. The number of hydrogen-bond acceptors (Lipinski definition) is 3. The van der Waals surface area contributed by atoms with Crippen molar-refractivity contribution in [2.75, 3.05) is 10.6 Å². The third-order valence-electron chi connectivity index (χ3n) is 3.96. The lowest BCUT2D eigenvalue weighted by Gasteiger charge is -2.18. The number of anilines is 2. The molecule has 0 heterocycles. The molecule has 2 amide bonds. The van der Waals surface area contributed by atoms with E-state index in [0.29, 0.717) is 28.6 Å². The molecule has 7 heteroatoms. The lowest BCUT2D eigenvalue weighted by Crippen LogP contribution is -2.24. The SMILES string of the molecule is CCC(Sc1cccc(NC(=O)CC(C)(C)C)c1)C(=O)Nc1cccc(Cl)c1Cl. The van der Waals surface area contributed by atoms with Gasteiger partial charge in [0.2, 0.25) is 11.8 Å².